The molecule has 0 saturated heterocycles. The lowest BCUT2D eigenvalue weighted by atomic mass is 9.79. The third kappa shape index (κ3) is 5.14. The van der Waals surface area contributed by atoms with E-state index in [1.165, 1.54) is 0 Å². The highest BCUT2D eigenvalue weighted by Gasteiger charge is 2.40. The molecule has 4 rings (SSSR count). The van der Waals surface area contributed by atoms with Gasteiger partial charge < -0.3 is 14.2 Å². The van der Waals surface area contributed by atoms with Gasteiger partial charge in [0.1, 0.15) is 11.6 Å². The molecule has 2 atom stereocenters. The Morgan fingerprint density at radius 1 is 1.13 bits per heavy atom. The lowest BCUT2D eigenvalue weighted by molar-refractivity contribution is -0.149. The fraction of sp³-hybridized carbons (Fsp3) is 0.583. The molecule has 2 aromatic rings. The number of nitrogens with zero attached hydrogens (tertiary/aromatic N) is 3. The number of hydrogen-bond donors (Lipinski definition) is 0. The number of aryl methyl sites for hydroxylation is 1. The van der Waals surface area contributed by atoms with Gasteiger partial charge in [-0.3, -0.25) is 9.78 Å². The molecule has 166 valence electrons. The van der Waals surface area contributed by atoms with E-state index in [1.54, 1.807) is 13.3 Å². The van der Waals surface area contributed by atoms with Gasteiger partial charge in [0, 0.05) is 29.3 Å². The van der Waals surface area contributed by atoms with Gasteiger partial charge in [0.15, 0.2) is 0 Å². The minimum atomic E-state index is -0.0653. The van der Waals surface area contributed by atoms with Gasteiger partial charge >= 0.3 is 5.97 Å². The first-order valence-corrected chi connectivity index (χ1v) is 11.2. The Bertz CT molecular complexity index is 894. The summed E-state index contributed by atoms with van der Waals surface area (Å²) in [7, 11) is 1.65. The second-order valence-corrected chi connectivity index (χ2v) is 8.51. The van der Waals surface area contributed by atoms with Crippen LogP contribution in [0.3, 0.4) is 0 Å². The highest BCUT2D eigenvalue weighted by atomic mass is 16.5. The highest BCUT2D eigenvalue weighted by molar-refractivity contribution is 5.72. The summed E-state index contributed by atoms with van der Waals surface area (Å²) in [6.07, 6.45) is 8.27. The van der Waals surface area contributed by atoms with E-state index in [0.29, 0.717) is 42.7 Å². The standard InChI is InChI=1S/C24H31N3O4/c1-4-30-24(28)17-7-5-16(6-8-17)21-13-25-15(2)27-23(21)31-14-18-11-20(18)22-10-9-19(29-3)12-26-22/h9-10,12-13,16-18,20H,4-8,11,14H2,1-3H3/t16?,17?,18-,20+/m1/s1. The van der Waals surface area contributed by atoms with Gasteiger partial charge in [-0.25, -0.2) is 4.98 Å². The number of carbonyl (C=O) groups is 1. The highest BCUT2D eigenvalue weighted by Crippen LogP contribution is 2.47. The Hall–Kier alpha value is -2.70. The average molecular weight is 426 g/mol. The topological polar surface area (TPSA) is 83.4 Å². The maximum absolute atomic E-state index is 12.0. The summed E-state index contributed by atoms with van der Waals surface area (Å²) < 4.78 is 16.6. The van der Waals surface area contributed by atoms with Crippen LogP contribution in [0, 0.1) is 18.8 Å². The van der Waals surface area contributed by atoms with Gasteiger partial charge in [-0.2, -0.15) is 4.98 Å². The fourth-order valence-electron chi connectivity index (χ4n) is 4.47. The van der Waals surface area contributed by atoms with E-state index >= 15 is 0 Å². The summed E-state index contributed by atoms with van der Waals surface area (Å²) >= 11 is 0. The van der Waals surface area contributed by atoms with Gasteiger partial charge in [-0.1, -0.05) is 0 Å². The van der Waals surface area contributed by atoms with Crippen molar-refractivity contribution >= 4 is 5.97 Å². The summed E-state index contributed by atoms with van der Waals surface area (Å²) in [4.78, 5) is 25.6. The van der Waals surface area contributed by atoms with Crippen molar-refractivity contribution in [1.29, 1.82) is 0 Å². The lowest BCUT2D eigenvalue weighted by Crippen LogP contribution is -2.23. The molecule has 0 radical (unpaired) electrons. The van der Waals surface area contributed by atoms with Crippen LogP contribution in [-0.4, -0.2) is 41.2 Å². The number of hydrogen-bond acceptors (Lipinski definition) is 7. The molecule has 0 aromatic carbocycles. The van der Waals surface area contributed by atoms with E-state index in [-0.39, 0.29) is 11.9 Å². The van der Waals surface area contributed by atoms with E-state index in [2.05, 4.69) is 15.0 Å². The largest absolute Gasteiger partial charge is 0.495 e. The lowest BCUT2D eigenvalue weighted by Gasteiger charge is -2.28. The average Bonchev–Trinajstić information content (AvgIpc) is 3.58. The van der Waals surface area contributed by atoms with Crippen LogP contribution in [0.1, 0.15) is 67.9 Å². The van der Waals surface area contributed by atoms with E-state index in [1.807, 2.05) is 32.2 Å². The zero-order chi connectivity index (χ0) is 21.8. The molecule has 2 aliphatic carbocycles. The van der Waals surface area contributed by atoms with E-state index in [4.69, 9.17) is 14.2 Å². The Kier molecular flexibility index (Phi) is 6.68. The monoisotopic (exact) mass is 425 g/mol. The third-order valence-electron chi connectivity index (χ3n) is 6.42. The first-order chi connectivity index (χ1) is 15.1. The molecular weight excluding hydrogens is 394 g/mol. The Morgan fingerprint density at radius 2 is 1.94 bits per heavy atom. The molecule has 7 nitrogen and oxygen atoms in total. The molecule has 2 saturated carbocycles. The molecule has 2 fully saturated rings. The van der Waals surface area contributed by atoms with Crippen LogP contribution in [0.5, 0.6) is 11.6 Å². The van der Waals surface area contributed by atoms with Gasteiger partial charge in [0.25, 0.3) is 0 Å². The van der Waals surface area contributed by atoms with Crippen LogP contribution in [0.15, 0.2) is 24.5 Å². The van der Waals surface area contributed by atoms with Crippen LogP contribution >= 0.6 is 0 Å². The van der Waals surface area contributed by atoms with Crippen LogP contribution < -0.4 is 9.47 Å². The number of methoxy groups -OCH3 is 1. The smallest absolute Gasteiger partial charge is 0.308 e. The predicted octanol–water partition coefficient (Wildman–Crippen LogP) is 4.21. The summed E-state index contributed by atoms with van der Waals surface area (Å²) in [5, 5.41) is 0. The van der Waals surface area contributed by atoms with Crippen molar-refractivity contribution < 1.29 is 19.0 Å². The maximum Gasteiger partial charge on any atom is 0.308 e. The van der Waals surface area contributed by atoms with Gasteiger partial charge in [0.05, 0.1) is 32.4 Å². The molecule has 31 heavy (non-hydrogen) atoms. The van der Waals surface area contributed by atoms with Gasteiger partial charge in [-0.05, 0) is 64.0 Å². The minimum absolute atomic E-state index is 0.0103. The van der Waals surface area contributed by atoms with E-state index < -0.39 is 0 Å². The number of aromatic nitrogens is 3. The quantitative estimate of drug-likeness (QED) is 0.586. The number of pyridine rings is 1. The van der Waals surface area contributed by atoms with Crippen molar-refractivity contribution in [2.75, 3.05) is 20.3 Å². The second-order valence-electron chi connectivity index (χ2n) is 8.51. The molecule has 7 heteroatoms. The number of esters is 1. The van der Waals surface area contributed by atoms with Gasteiger partial charge in [-0.15, -0.1) is 0 Å². The molecule has 0 unspecified atom stereocenters. The number of rotatable bonds is 8. The molecule has 2 aromatic heterocycles. The molecule has 2 heterocycles. The van der Waals surface area contributed by atoms with Crippen molar-refractivity contribution in [1.82, 2.24) is 15.0 Å². The van der Waals surface area contributed by atoms with Crippen molar-refractivity contribution in [3.8, 4) is 11.6 Å². The Labute approximate surface area is 183 Å². The molecule has 0 spiro atoms. The van der Waals surface area contributed by atoms with Crippen LogP contribution in [0.2, 0.25) is 0 Å². The first-order valence-electron chi connectivity index (χ1n) is 11.2. The SMILES string of the molecule is CCOC(=O)C1CCC(c2cnc(C)nc2OC[C@H]2C[C@@H]2c2ccc(OC)cn2)CC1. The van der Waals surface area contributed by atoms with Gasteiger partial charge in [0.2, 0.25) is 5.88 Å². The van der Waals surface area contributed by atoms with E-state index in [0.717, 1.165) is 49.1 Å². The first kappa shape index (κ1) is 21.5. The third-order valence-corrected chi connectivity index (χ3v) is 6.42. The zero-order valence-electron chi connectivity index (χ0n) is 18.5. The molecule has 0 N–H and O–H groups in total. The van der Waals surface area contributed by atoms with Crippen molar-refractivity contribution in [3.05, 3.63) is 41.6 Å². The minimum Gasteiger partial charge on any atom is -0.495 e. The van der Waals surface area contributed by atoms with Crippen LogP contribution in [0.4, 0.5) is 0 Å². The molecule has 0 aliphatic heterocycles. The normalized spacial score (nSPS) is 25.0. The van der Waals surface area contributed by atoms with Crippen molar-refractivity contribution in [3.63, 3.8) is 0 Å². The summed E-state index contributed by atoms with van der Waals surface area (Å²) in [5.41, 5.74) is 2.15. The number of carbonyl (C=O) groups excluding carboxylic acids is 1. The van der Waals surface area contributed by atoms with Crippen molar-refractivity contribution in [2.45, 2.75) is 57.8 Å². The molecular formula is C24H31N3O4. The molecule has 0 bridgehead atoms. The second kappa shape index (κ2) is 9.62. The van der Waals surface area contributed by atoms with Crippen LogP contribution in [-0.2, 0) is 9.53 Å². The summed E-state index contributed by atoms with van der Waals surface area (Å²) in [5.74, 6) is 3.32. The number of ether oxygens (including phenoxy) is 3. The maximum atomic E-state index is 12.0. The van der Waals surface area contributed by atoms with Crippen molar-refractivity contribution in [2.24, 2.45) is 11.8 Å². The Morgan fingerprint density at radius 3 is 2.61 bits per heavy atom. The predicted molar refractivity (Wildman–Crippen MR) is 115 cm³/mol. The van der Waals surface area contributed by atoms with E-state index in [9.17, 15) is 4.79 Å². The summed E-state index contributed by atoms with van der Waals surface area (Å²) in [6.45, 7) is 4.80. The Balaban J connectivity index is 1.35. The summed E-state index contributed by atoms with van der Waals surface area (Å²) in [6, 6.07) is 3.99. The fourth-order valence-corrected chi connectivity index (χ4v) is 4.47. The zero-order valence-corrected chi connectivity index (χ0v) is 18.5. The molecule has 2 aliphatic rings. The molecule has 0 amide bonds. The van der Waals surface area contributed by atoms with Crippen LogP contribution in [0.25, 0.3) is 0 Å².